The highest BCUT2D eigenvalue weighted by Gasteiger charge is 2.23. The maximum Gasteiger partial charge on any atom is 0.372 e. The highest BCUT2D eigenvalue weighted by Crippen LogP contribution is 2.28. The number of hydrogen-bond acceptors (Lipinski definition) is 6. The van der Waals surface area contributed by atoms with E-state index in [1.807, 2.05) is 36.5 Å². The van der Waals surface area contributed by atoms with Gasteiger partial charge in [-0.25, -0.2) is 4.68 Å². The van der Waals surface area contributed by atoms with E-state index in [9.17, 15) is 10.1 Å². The van der Waals surface area contributed by atoms with Crippen molar-refractivity contribution < 1.29 is 4.92 Å². The summed E-state index contributed by atoms with van der Waals surface area (Å²) in [4.78, 5) is 15.8. The number of fused-ring (bicyclic) bond motifs is 1. The second-order valence-corrected chi connectivity index (χ2v) is 5.90. The van der Waals surface area contributed by atoms with Crippen molar-refractivity contribution in [3.05, 3.63) is 70.0 Å². The van der Waals surface area contributed by atoms with Gasteiger partial charge in [-0.1, -0.05) is 29.5 Å². The Morgan fingerprint density at radius 1 is 1.25 bits per heavy atom. The molecular weight excluding hydrogens is 328 g/mol. The van der Waals surface area contributed by atoms with Crippen LogP contribution in [0.3, 0.4) is 0 Å². The first-order valence-corrected chi connectivity index (χ1v) is 8.04. The van der Waals surface area contributed by atoms with Crippen LogP contribution in [0.15, 0.2) is 54.3 Å². The predicted octanol–water partition coefficient (Wildman–Crippen LogP) is 3.10. The van der Waals surface area contributed by atoms with Gasteiger partial charge in [0.1, 0.15) is 6.20 Å². The summed E-state index contributed by atoms with van der Waals surface area (Å²) in [5.74, 6) is 0.213. The average molecular weight is 340 g/mol. The molecule has 0 aliphatic carbocycles. The Balaban J connectivity index is 1.66. The first-order chi connectivity index (χ1) is 11.7. The van der Waals surface area contributed by atoms with Crippen molar-refractivity contribution in [3.8, 4) is 5.69 Å². The molecule has 0 aliphatic rings. The molecular formula is C15H12N6O2S. The van der Waals surface area contributed by atoms with Crippen LogP contribution in [-0.2, 0) is 6.54 Å². The number of aromatic nitrogens is 4. The topological polar surface area (TPSA) is 90.3 Å². The quantitative estimate of drug-likeness (QED) is 0.445. The van der Waals surface area contributed by atoms with Crippen molar-refractivity contribution in [2.45, 2.75) is 6.54 Å². The van der Waals surface area contributed by atoms with Gasteiger partial charge in [0.2, 0.25) is 5.82 Å². The molecule has 3 heterocycles. The monoisotopic (exact) mass is 340 g/mol. The van der Waals surface area contributed by atoms with Crippen molar-refractivity contribution in [1.29, 1.82) is 0 Å². The molecule has 0 fully saturated rings. The lowest BCUT2D eigenvalue weighted by atomic mass is 10.2. The number of nitro groups is 1. The summed E-state index contributed by atoms with van der Waals surface area (Å²) in [5, 5.41) is 20.4. The van der Waals surface area contributed by atoms with Crippen LogP contribution in [0.2, 0.25) is 0 Å². The van der Waals surface area contributed by atoms with Gasteiger partial charge in [0, 0.05) is 24.3 Å². The summed E-state index contributed by atoms with van der Waals surface area (Å²) in [6.07, 6.45) is 5.21. The number of nitrogens with zero attached hydrogens (tertiary/aromatic N) is 5. The summed E-state index contributed by atoms with van der Waals surface area (Å²) in [6.45, 7) is 0.404. The molecule has 0 bridgehead atoms. The van der Waals surface area contributed by atoms with E-state index in [-0.39, 0.29) is 11.6 Å². The molecule has 0 radical (unpaired) electrons. The van der Waals surface area contributed by atoms with E-state index in [2.05, 4.69) is 15.4 Å². The zero-order valence-electron chi connectivity index (χ0n) is 12.4. The van der Waals surface area contributed by atoms with Crippen LogP contribution >= 0.6 is 11.3 Å². The Morgan fingerprint density at radius 3 is 2.92 bits per heavy atom. The summed E-state index contributed by atoms with van der Waals surface area (Å²) >= 11 is 1.36. The number of hydrogen-bond donors (Lipinski definition) is 1. The lowest BCUT2D eigenvalue weighted by Gasteiger charge is -2.10. The largest absolute Gasteiger partial charge is 0.372 e. The predicted molar refractivity (Wildman–Crippen MR) is 90.6 cm³/mol. The number of rotatable bonds is 5. The Labute approximate surface area is 140 Å². The van der Waals surface area contributed by atoms with Crippen LogP contribution in [0, 0.1) is 10.1 Å². The number of imidazole rings is 1. The molecule has 1 N–H and O–H groups in total. The SMILES string of the molecule is O=[N+]([O-])c1c(NCc2ccccc2-n2cccn2)nc2sccn12. The fourth-order valence-corrected chi connectivity index (χ4v) is 3.25. The van der Waals surface area contributed by atoms with E-state index in [0.29, 0.717) is 11.5 Å². The normalized spacial score (nSPS) is 11.0. The van der Waals surface area contributed by atoms with Crippen molar-refractivity contribution >= 4 is 27.9 Å². The van der Waals surface area contributed by atoms with Crippen LogP contribution < -0.4 is 5.32 Å². The Bertz CT molecular complexity index is 1000. The van der Waals surface area contributed by atoms with E-state index in [4.69, 9.17) is 0 Å². The van der Waals surface area contributed by atoms with Crippen molar-refractivity contribution in [3.63, 3.8) is 0 Å². The molecule has 0 saturated heterocycles. The summed E-state index contributed by atoms with van der Waals surface area (Å²) in [5.41, 5.74) is 1.88. The van der Waals surface area contributed by atoms with Gasteiger partial charge >= 0.3 is 5.82 Å². The van der Waals surface area contributed by atoms with Gasteiger partial charge in [-0.05, 0) is 22.6 Å². The van der Waals surface area contributed by atoms with Crippen molar-refractivity contribution in [1.82, 2.24) is 19.2 Å². The second-order valence-electron chi connectivity index (χ2n) is 5.03. The molecule has 8 nitrogen and oxygen atoms in total. The zero-order chi connectivity index (χ0) is 16.5. The Hall–Kier alpha value is -3.20. The minimum atomic E-state index is -0.422. The molecule has 24 heavy (non-hydrogen) atoms. The highest BCUT2D eigenvalue weighted by atomic mass is 32.1. The molecule has 4 aromatic rings. The van der Waals surface area contributed by atoms with E-state index in [1.165, 1.54) is 15.7 Å². The number of anilines is 1. The van der Waals surface area contributed by atoms with Gasteiger partial charge in [-0.2, -0.15) is 14.5 Å². The number of nitrogens with one attached hydrogen (secondary N) is 1. The molecule has 3 aromatic heterocycles. The molecule has 0 saturated carbocycles. The van der Waals surface area contributed by atoms with E-state index >= 15 is 0 Å². The maximum atomic E-state index is 11.4. The van der Waals surface area contributed by atoms with Crippen molar-refractivity contribution in [2.75, 3.05) is 5.32 Å². The molecule has 0 unspecified atom stereocenters. The van der Waals surface area contributed by atoms with Gasteiger partial charge < -0.3 is 15.4 Å². The molecule has 0 amide bonds. The third kappa shape index (κ3) is 2.40. The van der Waals surface area contributed by atoms with Gasteiger partial charge in [-0.3, -0.25) is 0 Å². The number of para-hydroxylation sites is 1. The molecule has 4 rings (SSSR count). The van der Waals surface area contributed by atoms with Crippen LogP contribution in [0.1, 0.15) is 5.56 Å². The fourth-order valence-electron chi connectivity index (χ4n) is 2.54. The van der Waals surface area contributed by atoms with E-state index in [0.717, 1.165) is 11.3 Å². The second kappa shape index (κ2) is 5.78. The van der Waals surface area contributed by atoms with E-state index < -0.39 is 4.92 Å². The number of thiazole rings is 1. The lowest BCUT2D eigenvalue weighted by Crippen LogP contribution is -2.07. The smallest absolute Gasteiger partial charge is 0.359 e. The van der Waals surface area contributed by atoms with Crippen LogP contribution in [-0.4, -0.2) is 24.1 Å². The van der Waals surface area contributed by atoms with E-state index in [1.54, 1.807) is 22.5 Å². The summed E-state index contributed by atoms with van der Waals surface area (Å²) in [6, 6.07) is 9.59. The maximum absolute atomic E-state index is 11.4. The third-order valence-electron chi connectivity index (χ3n) is 3.60. The Kier molecular flexibility index (Phi) is 3.47. The zero-order valence-corrected chi connectivity index (χ0v) is 13.2. The molecule has 0 aliphatic heterocycles. The highest BCUT2D eigenvalue weighted by molar-refractivity contribution is 7.15. The van der Waals surface area contributed by atoms with Crippen LogP contribution in [0.4, 0.5) is 11.6 Å². The average Bonchev–Trinajstić information content (AvgIpc) is 3.29. The number of benzene rings is 1. The molecule has 0 spiro atoms. The minimum absolute atomic E-state index is 0.0529. The fraction of sp³-hybridized carbons (Fsp3) is 0.0667. The van der Waals surface area contributed by atoms with Gasteiger partial charge in [0.05, 0.1) is 5.69 Å². The minimum Gasteiger partial charge on any atom is -0.359 e. The van der Waals surface area contributed by atoms with Crippen LogP contribution in [0.25, 0.3) is 10.6 Å². The summed E-state index contributed by atoms with van der Waals surface area (Å²) < 4.78 is 3.24. The molecule has 0 atom stereocenters. The lowest BCUT2D eigenvalue weighted by molar-refractivity contribution is -0.389. The molecule has 120 valence electrons. The first kappa shape index (κ1) is 14.4. The third-order valence-corrected chi connectivity index (χ3v) is 4.36. The first-order valence-electron chi connectivity index (χ1n) is 7.16. The summed E-state index contributed by atoms with van der Waals surface area (Å²) in [7, 11) is 0. The van der Waals surface area contributed by atoms with Gasteiger partial charge in [0.15, 0.2) is 0 Å². The van der Waals surface area contributed by atoms with Gasteiger partial charge in [0.25, 0.3) is 4.96 Å². The van der Waals surface area contributed by atoms with Crippen LogP contribution in [0.5, 0.6) is 0 Å². The molecule has 9 heteroatoms. The standard InChI is InChI=1S/C15H12N6O2S/c22-21(23)14-13(18-15-19(14)8-9-24-15)16-10-11-4-1-2-5-12(11)20-7-3-6-17-20/h1-9,16H,10H2. The Morgan fingerprint density at radius 2 is 2.12 bits per heavy atom. The molecule has 1 aromatic carbocycles. The van der Waals surface area contributed by atoms with Crippen molar-refractivity contribution in [2.24, 2.45) is 0 Å². The van der Waals surface area contributed by atoms with Gasteiger partial charge in [-0.15, -0.1) is 0 Å².